The molecule has 1 aliphatic heterocycles. The topological polar surface area (TPSA) is 126 Å². The fourth-order valence-corrected chi connectivity index (χ4v) is 4.27. The molecule has 1 fully saturated rings. The maximum Gasteiger partial charge on any atom is 0.226 e. The predicted octanol–water partition coefficient (Wildman–Crippen LogP) is 3.80. The average Bonchev–Trinajstić information content (AvgIpc) is 3.36. The molecule has 188 valence electrons. The van der Waals surface area contributed by atoms with Crippen LogP contribution >= 0.6 is 0 Å². The van der Waals surface area contributed by atoms with Gasteiger partial charge in [0.15, 0.2) is 17.3 Å². The zero-order chi connectivity index (χ0) is 25.6. The molecule has 4 aromatic heterocycles. The largest absolute Gasteiger partial charge is 0.457 e. The molecule has 1 saturated heterocycles. The second-order valence-electron chi connectivity index (χ2n) is 9.31. The van der Waals surface area contributed by atoms with Gasteiger partial charge in [-0.2, -0.15) is 5.10 Å². The Hall–Kier alpha value is -4.45. The van der Waals surface area contributed by atoms with E-state index in [1.807, 2.05) is 11.8 Å². The zero-order valence-corrected chi connectivity index (χ0v) is 20.3. The molecule has 0 unspecified atom stereocenters. The standard InChI is InChI=1S/C25H24FN9O2/c1-15-19(37-16-5-8-35-20(11-16)29-14-31-35)4-3-17(21(15)26)32-23-22-18(28-13-30-23)12-27-24(33-22)34-9-6-25(2,36)7-10-34/h3-5,8,11-14,36H,6-7,9-10H2,1-2H3,(H,28,30,32). The summed E-state index contributed by atoms with van der Waals surface area (Å²) in [6.45, 7) is 4.75. The summed E-state index contributed by atoms with van der Waals surface area (Å²) < 4.78 is 23.0. The Labute approximate surface area is 211 Å². The van der Waals surface area contributed by atoms with Crippen molar-refractivity contribution < 1.29 is 14.2 Å². The smallest absolute Gasteiger partial charge is 0.226 e. The summed E-state index contributed by atoms with van der Waals surface area (Å²) in [5, 5.41) is 17.4. The minimum absolute atomic E-state index is 0.229. The summed E-state index contributed by atoms with van der Waals surface area (Å²) in [7, 11) is 0. The average molecular weight is 502 g/mol. The summed E-state index contributed by atoms with van der Waals surface area (Å²) in [5.74, 6) is 1.31. The highest BCUT2D eigenvalue weighted by Crippen LogP contribution is 2.33. The summed E-state index contributed by atoms with van der Waals surface area (Å²) in [6, 6.07) is 6.75. The van der Waals surface area contributed by atoms with E-state index in [-0.39, 0.29) is 5.69 Å². The summed E-state index contributed by atoms with van der Waals surface area (Å²) in [6.07, 6.45) is 7.43. The van der Waals surface area contributed by atoms with E-state index < -0.39 is 11.4 Å². The van der Waals surface area contributed by atoms with E-state index in [0.717, 1.165) is 0 Å². The maximum absolute atomic E-state index is 15.4. The first-order chi connectivity index (χ1) is 17.9. The van der Waals surface area contributed by atoms with Crippen molar-refractivity contribution in [2.24, 2.45) is 0 Å². The number of hydrogen-bond acceptors (Lipinski definition) is 10. The number of aliphatic hydroxyl groups is 1. The van der Waals surface area contributed by atoms with Gasteiger partial charge in [-0.05, 0) is 44.9 Å². The molecule has 5 aromatic rings. The van der Waals surface area contributed by atoms with Crippen molar-refractivity contribution in [3.63, 3.8) is 0 Å². The molecular formula is C25H24FN9O2. The third kappa shape index (κ3) is 4.47. The molecule has 12 heteroatoms. The third-order valence-electron chi connectivity index (χ3n) is 6.56. The van der Waals surface area contributed by atoms with Gasteiger partial charge in [0, 0.05) is 30.9 Å². The van der Waals surface area contributed by atoms with Gasteiger partial charge < -0.3 is 20.1 Å². The van der Waals surface area contributed by atoms with Crippen LogP contribution in [0.5, 0.6) is 11.5 Å². The molecule has 0 radical (unpaired) electrons. The Bertz CT molecular complexity index is 1610. The highest BCUT2D eigenvalue weighted by Gasteiger charge is 2.28. The number of rotatable bonds is 5. The molecule has 0 atom stereocenters. The molecule has 0 amide bonds. The van der Waals surface area contributed by atoms with E-state index in [1.165, 1.54) is 12.7 Å². The number of ether oxygens (including phenoxy) is 1. The van der Waals surface area contributed by atoms with Crippen LogP contribution in [-0.4, -0.2) is 58.3 Å². The van der Waals surface area contributed by atoms with Crippen LogP contribution in [0, 0.1) is 12.7 Å². The Morgan fingerprint density at radius 1 is 1.08 bits per heavy atom. The lowest BCUT2D eigenvalue weighted by Crippen LogP contribution is -2.43. The molecular weight excluding hydrogens is 477 g/mol. The monoisotopic (exact) mass is 501 g/mol. The van der Waals surface area contributed by atoms with Crippen LogP contribution in [0.2, 0.25) is 0 Å². The van der Waals surface area contributed by atoms with Crippen LogP contribution in [0.25, 0.3) is 16.7 Å². The van der Waals surface area contributed by atoms with Gasteiger partial charge in [-0.25, -0.2) is 33.8 Å². The molecule has 0 spiro atoms. The highest BCUT2D eigenvalue weighted by molar-refractivity contribution is 5.87. The molecule has 1 aliphatic rings. The predicted molar refractivity (Wildman–Crippen MR) is 135 cm³/mol. The Balaban J connectivity index is 1.27. The molecule has 11 nitrogen and oxygen atoms in total. The second-order valence-corrected chi connectivity index (χ2v) is 9.31. The first-order valence-corrected chi connectivity index (χ1v) is 11.8. The van der Waals surface area contributed by atoms with Crippen molar-refractivity contribution in [2.75, 3.05) is 23.3 Å². The molecule has 0 saturated carbocycles. The number of pyridine rings is 1. The molecule has 0 bridgehead atoms. The van der Waals surface area contributed by atoms with E-state index in [2.05, 4.69) is 35.3 Å². The van der Waals surface area contributed by atoms with E-state index in [9.17, 15) is 5.11 Å². The molecule has 5 heterocycles. The molecule has 6 rings (SSSR count). The summed E-state index contributed by atoms with van der Waals surface area (Å²) in [4.78, 5) is 23.8. The number of nitrogens with zero attached hydrogens (tertiary/aromatic N) is 8. The number of benzene rings is 1. The van der Waals surface area contributed by atoms with Crippen molar-refractivity contribution in [1.82, 2.24) is 34.5 Å². The normalized spacial score (nSPS) is 15.3. The van der Waals surface area contributed by atoms with Gasteiger partial charge in [0.1, 0.15) is 35.2 Å². The lowest BCUT2D eigenvalue weighted by molar-refractivity contribution is 0.0349. The van der Waals surface area contributed by atoms with Crippen molar-refractivity contribution >= 4 is 34.1 Å². The SMILES string of the molecule is Cc1c(Oc2ccn3ncnc3c2)ccc(Nc2ncnc3cnc(N4CCC(C)(O)CC4)nc23)c1F. The van der Waals surface area contributed by atoms with E-state index >= 15 is 4.39 Å². The van der Waals surface area contributed by atoms with Gasteiger partial charge in [0.25, 0.3) is 0 Å². The Kier molecular flexibility index (Phi) is 5.52. The van der Waals surface area contributed by atoms with Crippen LogP contribution in [0.3, 0.4) is 0 Å². The third-order valence-corrected chi connectivity index (χ3v) is 6.56. The lowest BCUT2D eigenvalue weighted by Gasteiger charge is -2.35. The van der Waals surface area contributed by atoms with E-state index in [0.29, 0.717) is 71.4 Å². The first-order valence-electron chi connectivity index (χ1n) is 11.8. The van der Waals surface area contributed by atoms with Crippen LogP contribution < -0.4 is 15.0 Å². The zero-order valence-electron chi connectivity index (χ0n) is 20.3. The van der Waals surface area contributed by atoms with Gasteiger partial charge in [-0.3, -0.25) is 0 Å². The van der Waals surface area contributed by atoms with Gasteiger partial charge >= 0.3 is 0 Å². The first kappa shape index (κ1) is 23.0. The number of aromatic nitrogens is 7. The van der Waals surface area contributed by atoms with Gasteiger partial charge in [-0.1, -0.05) is 0 Å². The van der Waals surface area contributed by atoms with E-state index in [4.69, 9.17) is 4.74 Å². The Morgan fingerprint density at radius 2 is 1.92 bits per heavy atom. The van der Waals surface area contributed by atoms with Crippen LogP contribution in [0.4, 0.5) is 21.8 Å². The molecule has 1 aromatic carbocycles. The fourth-order valence-electron chi connectivity index (χ4n) is 4.27. The maximum atomic E-state index is 15.4. The van der Waals surface area contributed by atoms with Gasteiger partial charge in [-0.15, -0.1) is 0 Å². The molecule has 0 aliphatic carbocycles. The number of fused-ring (bicyclic) bond motifs is 2. The van der Waals surface area contributed by atoms with Crippen LogP contribution in [-0.2, 0) is 0 Å². The minimum atomic E-state index is -0.683. The number of anilines is 3. The minimum Gasteiger partial charge on any atom is -0.457 e. The number of halogens is 1. The molecule has 2 N–H and O–H groups in total. The quantitative estimate of drug-likeness (QED) is 0.367. The van der Waals surface area contributed by atoms with E-state index in [1.54, 1.807) is 48.1 Å². The number of hydrogen-bond donors (Lipinski definition) is 2. The van der Waals surface area contributed by atoms with Gasteiger partial charge in [0.05, 0.1) is 17.5 Å². The number of nitrogens with one attached hydrogen (secondary N) is 1. The lowest BCUT2D eigenvalue weighted by atomic mass is 9.94. The second kappa shape index (κ2) is 8.89. The summed E-state index contributed by atoms with van der Waals surface area (Å²) in [5.41, 5.74) is 1.51. The van der Waals surface area contributed by atoms with Gasteiger partial charge in [0.2, 0.25) is 5.95 Å². The molecule has 37 heavy (non-hydrogen) atoms. The van der Waals surface area contributed by atoms with Crippen molar-refractivity contribution in [2.45, 2.75) is 32.3 Å². The van der Waals surface area contributed by atoms with Crippen molar-refractivity contribution in [3.05, 3.63) is 60.7 Å². The Morgan fingerprint density at radius 3 is 2.76 bits per heavy atom. The van der Waals surface area contributed by atoms with Crippen LogP contribution in [0.15, 0.2) is 49.3 Å². The fraction of sp³-hybridized carbons (Fsp3) is 0.280. The summed E-state index contributed by atoms with van der Waals surface area (Å²) >= 11 is 0. The van der Waals surface area contributed by atoms with Crippen molar-refractivity contribution in [3.8, 4) is 11.5 Å². The number of piperidine rings is 1. The van der Waals surface area contributed by atoms with Crippen molar-refractivity contribution in [1.29, 1.82) is 0 Å². The highest BCUT2D eigenvalue weighted by atomic mass is 19.1. The van der Waals surface area contributed by atoms with Crippen LogP contribution in [0.1, 0.15) is 25.3 Å².